The van der Waals surface area contributed by atoms with Crippen molar-refractivity contribution in [2.45, 2.75) is 31.5 Å². The molecule has 1 aliphatic heterocycles. The summed E-state index contributed by atoms with van der Waals surface area (Å²) in [7, 11) is 0. The van der Waals surface area contributed by atoms with Gasteiger partial charge in [0.05, 0.1) is 18.6 Å². The van der Waals surface area contributed by atoms with Gasteiger partial charge in [0, 0.05) is 0 Å². The highest BCUT2D eigenvalue weighted by atomic mass is 19.1. The molecule has 19 heavy (non-hydrogen) atoms. The van der Waals surface area contributed by atoms with Crippen molar-refractivity contribution in [2.24, 2.45) is 0 Å². The molecule has 0 spiro atoms. The van der Waals surface area contributed by atoms with Crippen molar-refractivity contribution in [3.8, 4) is 0 Å². The summed E-state index contributed by atoms with van der Waals surface area (Å²) in [5, 5.41) is 18.9. The van der Waals surface area contributed by atoms with E-state index in [-0.39, 0.29) is 0 Å². The van der Waals surface area contributed by atoms with Crippen LogP contribution in [-0.4, -0.2) is 54.7 Å². The monoisotopic (exact) mass is 268 g/mol. The van der Waals surface area contributed by atoms with Gasteiger partial charge < -0.3 is 14.9 Å². The molecule has 3 heterocycles. The molecule has 0 aliphatic carbocycles. The van der Waals surface area contributed by atoms with Crippen LogP contribution in [0, 0.1) is 6.92 Å². The second-order valence-corrected chi connectivity index (χ2v) is 4.47. The van der Waals surface area contributed by atoms with E-state index in [4.69, 9.17) is 9.84 Å². The number of hydrogen-bond donors (Lipinski definition) is 2. The third-order valence-corrected chi connectivity index (χ3v) is 3.28. The summed E-state index contributed by atoms with van der Waals surface area (Å²) in [6.45, 7) is 1.29. The molecule has 8 heteroatoms. The van der Waals surface area contributed by atoms with E-state index in [1.165, 1.54) is 17.2 Å². The molecule has 0 bridgehead atoms. The van der Waals surface area contributed by atoms with E-state index in [1.54, 1.807) is 6.92 Å². The first kappa shape index (κ1) is 12.4. The van der Waals surface area contributed by atoms with Gasteiger partial charge in [0.1, 0.15) is 24.1 Å². The van der Waals surface area contributed by atoms with Crippen molar-refractivity contribution in [1.29, 1.82) is 0 Å². The number of fused-ring (bicyclic) bond motifs is 1. The van der Waals surface area contributed by atoms with Gasteiger partial charge in [-0.2, -0.15) is 0 Å². The van der Waals surface area contributed by atoms with Crippen LogP contribution in [0.4, 0.5) is 4.39 Å². The molecule has 0 aromatic carbocycles. The Kier molecular flexibility index (Phi) is 2.92. The van der Waals surface area contributed by atoms with E-state index in [2.05, 4.69) is 15.0 Å². The van der Waals surface area contributed by atoms with E-state index in [0.29, 0.717) is 16.9 Å². The van der Waals surface area contributed by atoms with Crippen molar-refractivity contribution in [3.63, 3.8) is 0 Å². The normalized spacial score (nSPS) is 31.2. The summed E-state index contributed by atoms with van der Waals surface area (Å²) in [6.07, 6.45) is -2.22. The number of halogens is 1. The number of aromatic nitrogens is 4. The molecule has 0 saturated carbocycles. The first-order chi connectivity index (χ1) is 9.13. The van der Waals surface area contributed by atoms with Crippen molar-refractivity contribution >= 4 is 11.2 Å². The van der Waals surface area contributed by atoms with E-state index < -0.39 is 31.2 Å². The minimum Gasteiger partial charge on any atom is -0.394 e. The number of rotatable bonds is 2. The Bertz CT molecular complexity index is 605. The third-order valence-electron chi connectivity index (χ3n) is 3.28. The molecule has 1 aliphatic rings. The van der Waals surface area contributed by atoms with Gasteiger partial charge in [-0.05, 0) is 6.92 Å². The summed E-state index contributed by atoms with van der Waals surface area (Å²) in [5.41, 5.74) is 1.72. The lowest BCUT2D eigenvalue weighted by atomic mass is 10.1. The lowest BCUT2D eigenvalue weighted by molar-refractivity contribution is -0.0495. The van der Waals surface area contributed by atoms with Crippen molar-refractivity contribution in [3.05, 3.63) is 18.3 Å². The summed E-state index contributed by atoms with van der Waals surface area (Å²) in [4.78, 5) is 12.2. The van der Waals surface area contributed by atoms with Gasteiger partial charge in [0.15, 0.2) is 18.0 Å². The molecule has 1 saturated heterocycles. The minimum atomic E-state index is -1.64. The zero-order chi connectivity index (χ0) is 13.6. The summed E-state index contributed by atoms with van der Waals surface area (Å²) in [6, 6.07) is 0. The molecule has 0 amide bonds. The molecule has 7 nitrogen and oxygen atoms in total. The first-order valence-electron chi connectivity index (χ1n) is 5.86. The number of aryl methyl sites for hydroxylation is 1. The second kappa shape index (κ2) is 4.48. The predicted molar refractivity (Wildman–Crippen MR) is 62.0 cm³/mol. The van der Waals surface area contributed by atoms with Gasteiger partial charge in [0.2, 0.25) is 0 Å². The lowest BCUT2D eigenvalue weighted by Gasteiger charge is -2.15. The number of hydrogen-bond acceptors (Lipinski definition) is 6. The van der Waals surface area contributed by atoms with Gasteiger partial charge in [0.25, 0.3) is 0 Å². The van der Waals surface area contributed by atoms with Crippen LogP contribution in [0.1, 0.15) is 11.9 Å². The van der Waals surface area contributed by atoms with Crippen LogP contribution < -0.4 is 0 Å². The Morgan fingerprint density at radius 3 is 2.89 bits per heavy atom. The van der Waals surface area contributed by atoms with E-state index in [9.17, 15) is 9.50 Å². The SMILES string of the molecule is Cc1ncnc2c1ncn2[C@@H]1O[C@H](CO)C(F)[C@@H]1O. The Hall–Kier alpha value is -1.64. The topological polar surface area (TPSA) is 93.3 Å². The largest absolute Gasteiger partial charge is 0.394 e. The fraction of sp³-hybridized carbons (Fsp3) is 0.545. The van der Waals surface area contributed by atoms with Crippen molar-refractivity contribution < 1.29 is 19.3 Å². The number of alkyl halides is 1. The molecule has 102 valence electrons. The van der Waals surface area contributed by atoms with Gasteiger partial charge in [-0.25, -0.2) is 19.3 Å². The molecule has 4 atom stereocenters. The Morgan fingerprint density at radius 1 is 1.42 bits per heavy atom. The number of aliphatic hydroxyl groups is 2. The Labute approximate surface area is 107 Å². The fourth-order valence-electron chi connectivity index (χ4n) is 2.24. The molecular formula is C11H13FN4O3. The highest BCUT2D eigenvalue weighted by molar-refractivity contribution is 5.72. The number of nitrogens with zero attached hydrogens (tertiary/aromatic N) is 4. The number of aliphatic hydroxyl groups excluding tert-OH is 2. The molecule has 0 radical (unpaired) electrons. The minimum absolute atomic E-state index is 0.460. The van der Waals surface area contributed by atoms with Gasteiger partial charge in [-0.15, -0.1) is 0 Å². The van der Waals surface area contributed by atoms with E-state index in [1.807, 2.05) is 0 Å². The zero-order valence-corrected chi connectivity index (χ0v) is 10.1. The molecular weight excluding hydrogens is 255 g/mol. The third kappa shape index (κ3) is 1.79. The maximum Gasteiger partial charge on any atom is 0.166 e. The second-order valence-electron chi connectivity index (χ2n) is 4.47. The zero-order valence-electron chi connectivity index (χ0n) is 10.1. The van der Waals surface area contributed by atoms with Gasteiger partial charge >= 0.3 is 0 Å². The number of imidazole rings is 1. The van der Waals surface area contributed by atoms with E-state index in [0.717, 1.165) is 0 Å². The van der Waals surface area contributed by atoms with Crippen molar-refractivity contribution in [2.75, 3.05) is 6.61 Å². The van der Waals surface area contributed by atoms with Crippen LogP contribution in [0.2, 0.25) is 0 Å². The van der Waals surface area contributed by atoms with Crippen molar-refractivity contribution in [1.82, 2.24) is 19.5 Å². The molecule has 2 N–H and O–H groups in total. The average molecular weight is 268 g/mol. The van der Waals surface area contributed by atoms with E-state index >= 15 is 0 Å². The molecule has 1 fully saturated rings. The van der Waals surface area contributed by atoms with Crippen LogP contribution in [0.3, 0.4) is 0 Å². The van der Waals surface area contributed by atoms with Crippen LogP contribution in [0.25, 0.3) is 11.2 Å². The number of ether oxygens (including phenoxy) is 1. The molecule has 1 unspecified atom stereocenters. The first-order valence-corrected chi connectivity index (χ1v) is 5.86. The molecule has 3 rings (SSSR count). The summed E-state index contributed by atoms with van der Waals surface area (Å²) < 4.78 is 20.5. The quantitative estimate of drug-likeness (QED) is 0.778. The molecule has 2 aromatic heterocycles. The van der Waals surface area contributed by atoms with Gasteiger partial charge in [-0.3, -0.25) is 4.57 Å². The maximum atomic E-state index is 13.7. The highest BCUT2D eigenvalue weighted by Crippen LogP contribution is 2.32. The Morgan fingerprint density at radius 2 is 2.21 bits per heavy atom. The standard InChI is InChI=1S/C11H13FN4O3/c1-5-8-10(14-3-13-5)16(4-15-8)11-9(18)7(12)6(2-17)19-11/h3-4,6-7,9,11,17-18H,2H2,1H3/t6-,7?,9+,11-/m1/s1. The maximum absolute atomic E-state index is 13.7. The summed E-state index contributed by atoms with van der Waals surface area (Å²) in [5.74, 6) is 0. The van der Waals surface area contributed by atoms with Crippen LogP contribution in [-0.2, 0) is 4.74 Å². The predicted octanol–water partition coefficient (Wildman–Crippen LogP) is -0.277. The smallest absolute Gasteiger partial charge is 0.166 e. The average Bonchev–Trinajstić information content (AvgIpc) is 2.94. The Balaban J connectivity index is 2.04. The highest BCUT2D eigenvalue weighted by Gasteiger charge is 2.45. The van der Waals surface area contributed by atoms with Crippen LogP contribution >= 0.6 is 0 Å². The van der Waals surface area contributed by atoms with Crippen LogP contribution in [0.5, 0.6) is 0 Å². The summed E-state index contributed by atoms with van der Waals surface area (Å²) >= 11 is 0. The van der Waals surface area contributed by atoms with Crippen LogP contribution in [0.15, 0.2) is 12.7 Å². The molecule has 2 aromatic rings. The lowest BCUT2D eigenvalue weighted by Crippen LogP contribution is -2.29. The van der Waals surface area contributed by atoms with Gasteiger partial charge in [-0.1, -0.05) is 0 Å². The fourth-order valence-corrected chi connectivity index (χ4v) is 2.24.